The lowest BCUT2D eigenvalue weighted by Gasteiger charge is -2.32. The number of amides is 1. The van der Waals surface area contributed by atoms with Crippen LogP contribution in [-0.4, -0.2) is 22.3 Å². The van der Waals surface area contributed by atoms with E-state index in [4.69, 9.17) is 0 Å². The lowest BCUT2D eigenvalue weighted by atomic mass is 9.73. The Hall–Kier alpha value is -1.38. The molecule has 3 heteroatoms. The van der Waals surface area contributed by atoms with Crippen molar-refractivity contribution in [1.82, 2.24) is 9.88 Å². The van der Waals surface area contributed by atoms with Crippen molar-refractivity contribution in [2.24, 2.45) is 5.41 Å². The third-order valence-corrected chi connectivity index (χ3v) is 4.82. The molecule has 1 aliphatic heterocycles. The van der Waals surface area contributed by atoms with Crippen LogP contribution in [0.5, 0.6) is 0 Å². The fraction of sp³-hybridized carbons (Fsp3) is 0.625. The van der Waals surface area contributed by atoms with Crippen LogP contribution in [0.25, 0.3) is 0 Å². The van der Waals surface area contributed by atoms with E-state index in [9.17, 15) is 4.79 Å². The topological polar surface area (TPSA) is 33.2 Å². The second-order valence-electron chi connectivity index (χ2n) is 6.29. The minimum Gasteiger partial charge on any atom is -0.338 e. The van der Waals surface area contributed by atoms with Crippen molar-refractivity contribution < 1.29 is 4.79 Å². The molecule has 3 rings (SSSR count). The van der Waals surface area contributed by atoms with Crippen LogP contribution in [0.15, 0.2) is 18.5 Å². The van der Waals surface area contributed by atoms with E-state index in [0.29, 0.717) is 11.3 Å². The Kier molecular flexibility index (Phi) is 3.29. The van der Waals surface area contributed by atoms with Crippen molar-refractivity contribution in [3.8, 4) is 0 Å². The van der Waals surface area contributed by atoms with Gasteiger partial charge in [-0.05, 0) is 42.4 Å². The third kappa shape index (κ3) is 2.51. The van der Waals surface area contributed by atoms with E-state index in [1.165, 1.54) is 43.2 Å². The molecule has 1 saturated heterocycles. The Balaban J connectivity index is 1.72. The van der Waals surface area contributed by atoms with Crippen LogP contribution < -0.4 is 0 Å². The standard InChI is InChI=1S/C16H22N2O/c1-13-10-17-8-5-14(13)11-18-12-16(9-15(18)19)6-3-2-4-7-16/h5,8,10H,2-4,6-7,9,11-12H2,1H3. The minimum atomic E-state index is 0.302. The molecule has 0 radical (unpaired) electrons. The molecule has 0 unspecified atom stereocenters. The van der Waals surface area contributed by atoms with Crippen LogP contribution in [0.2, 0.25) is 0 Å². The van der Waals surface area contributed by atoms with Crippen molar-refractivity contribution in [2.45, 2.75) is 52.0 Å². The number of pyridine rings is 1. The number of aryl methyl sites for hydroxylation is 1. The molecule has 0 atom stereocenters. The molecule has 19 heavy (non-hydrogen) atoms. The first-order valence-electron chi connectivity index (χ1n) is 7.36. The monoisotopic (exact) mass is 258 g/mol. The smallest absolute Gasteiger partial charge is 0.223 e. The van der Waals surface area contributed by atoms with Gasteiger partial charge in [-0.3, -0.25) is 9.78 Å². The molecule has 0 bridgehead atoms. The van der Waals surface area contributed by atoms with E-state index in [1.807, 2.05) is 18.5 Å². The minimum absolute atomic E-state index is 0.302. The zero-order chi connectivity index (χ0) is 13.3. The summed E-state index contributed by atoms with van der Waals surface area (Å²) in [5.74, 6) is 0.345. The molecule has 1 aromatic heterocycles. The second kappa shape index (κ2) is 4.95. The second-order valence-corrected chi connectivity index (χ2v) is 6.29. The summed E-state index contributed by atoms with van der Waals surface area (Å²) in [6, 6.07) is 2.04. The Morgan fingerprint density at radius 3 is 2.84 bits per heavy atom. The van der Waals surface area contributed by atoms with Gasteiger partial charge in [0.25, 0.3) is 0 Å². The van der Waals surface area contributed by atoms with E-state index in [-0.39, 0.29) is 0 Å². The summed E-state index contributed by atoms with van der Waals surface area (Å²) in [6.07, 6.45) is 10.9. The predicted molar refractivity (Wildman–Crippen MR) is 74.5 cm³/mol. The highest BCUT2D eigenvalue weighted by atomic mass is 16.2. The van der Waals surface area contributed by atoms with Gasteiger partial charge in [0, 0.05) is 31.9 Å². The molecule has 102 valence electrons. The molecule has 1 aliphatic carbocycles. The molecule has 1 saturated carbocycles. The maximum atomic E-state index is 12.3. The van der Waals surface area contributed by atoms with Gasteiger partial charge in [0.15, 0.2) is 0 Å². The van der Waals surface area contributed by atoms with Gasteiger partial charge in [0.1, 0.15) is 0 Å². The summed E-state index contributed by atoms with van der Waals surface area (Å²) < 4.78 is 0. The molecule has 2 fully saturated rings. The average molecular weight is 258 g/mol. The molecule has 2 aliphatic rings. The molecular formula is C16H22N2O. The van der Waals surface area contributed by atoms with Gasteiger partial charge in [-0.25, -0.2) is 0 Å². The fourth-order valence-electron chi connectivity index (χ4n) is 3.65. The molecule has 2 heterocycles. The molecule has 1 spiro atoms. The van der Waals surface area contributed by atoms with Gasteiger partial charge >= 0.3 is 0 Å². The van der Waals surface area contributed by atoms with Crippen molar-refractivity contribution in [2.75, 3.05) is 6.54 Å². The van der Waals surface area contributed by atoms with E-state index in [2.05, 4.69) is 16.8 Å². The van der Waals surface area contributed by atoms with E-state index in [1.54, 1.807) is 0 Å². The Morgan fingerprint density at radius 1 is 1.32 bits per heavy atom. The average Bonchev–Trinajstić information content (AvgIpc) is 2.69. The Bertz CT molecular complexity index is 477. The first-order chi connectivity index (χ1) is 9.19. The number of aromatic nitrogens is 1. The van der Waals surface area contributed by atoms with Crippen LogP contribution in [0.3, 0.4) is 0 Å². The first kappa shape index (κ1) is 12.6. The Morgan fingerprint density at radius 2 is 2.11 bits per heavy atom. The summed E-state index contributed by atoms with van der Waals surface area (Å²) in [7, 11) is 0. The maximum absolute atomic E-state index is 12.3. The highest BCUT2D eigenvalue weighted by molar-refractivity contribution is 5.79. The Labute approximate surface area is 115 Å². The largest absolute Gasteiger partial charge is 0.338 e. The van der Waals surface area contributed by atoms with Gasteiger partial charge < -0.3 is 4.90 Å². The summed E-state index contributed by atoms with van der Waals surface area (Å²) in [6.45, 7) is 3.79. The van der Waals surface area contributed by atoms with Crippen LogP contribution >= 0.6 is 0 Å². The quantitative estimate of drug-likeness (QED) is 0.816. The highest BCUT2D eigenvalue weighted by Crippen LogP contribution is 2.44. The van der Waals surface area contributed by atoms with E-state index >= 15 is 0 Å². The van der Waals surface area contributed by atoms with Crippen LogP contribution in [-0.2, 0) is 11.3 Å². The third-order valence-electron chi connectivity index (χ3n) is 4.82. The van der Waals surface area contributed by atoms with Crippen molar-refractivity contribution >= 4 is 5.91 Å². The number of hydrogen-bond donors (Lipinski definition) is 0. The number of hydrogen-bond acceptors (Lipinski definition) is 2. The lowest BCUT2D eigenvalue weighted by molar-refractivity contribution is -0.128. The van der Waals surface area contributed by atoms with Crippen molar-refractivity contribution in [1.29, 1.82) is 0 Å². The van der Waals surface area contributed by atoms with Gasteiger partial charge in [-0.2, -0.15) is 0 Å². The fourth-order valence-corrected chi connectivity index (χ4v) is 3.65. The maximum Gasteiger partial charge on any atom is 0.223 e. The molecule has 0 aromatic carbocycles. The normalized spacial score (nSPS) is 22.2. The zero-order valence-electron chi connectivity index (χ0n) is 11.7. The zero-order valence-corrected chi connectivity index (χ0v) is 11.7. The lowest BCUT2D eigenvalue weighted by Crippen LogP contribution is -2.30. The number of rotatable bonds is 2. The van der Waals surface area contributed by atoms with E-state index in [0.717, 1.165) is 19.5 Å². The highest BCUT2D eigenvalue weighted by Gasteiger charge is 2.43. The van der Waals surface area contributed by atoms with Crippen molar-refractivity contribution in [3.05, 3.63) is 29.6 Å². The van der Waals surface area contributed by atoms with Gasteiger partial charge in [0.2, 0.25) is 5.91 Å². The van der Waals surface area contributed by atoms with E-state index < -0.39 is 0 Å². The summed E-state index contributed by atoms with van der Waals surface area (Å²) in [5, 5.41) is 0. The van der Waals surface area contributed by atoms with Crippen LogP contribution in [0.4, 0.5) is 0 Å². The molecule has 1 amide bonds. The molecular weight excluding hydrogens is 236 g/mol. The summed E-state index contributed by atoms with van der Waals surface area (Å²) in [4.78, 5) is 18.5. The summed E-state index contributed by atoms with van der Waals surface area (Å²) >= 11 is 0. The number of carbonyl (C=O) groups is 1. The van der Waals surface area contributed by atoms with Crippen molar-refractivity contribution in [3.63, 3.8) is 0 Å². The SMILES string of the molecule is Cc1cnccc1CN1CC2(CCCCC2)CC1=O. The van der Waals surface area contributed by atoms with Crippen LogP contribution in [0, 0.1) is 12.3 Å². The molecule has 0 N–H and O–H groups in total. The van der Waals surface area contributed by atoms with Crippen LogP contribution in [0.1, 0.15) is 49.7 Å². The van der Waals surface area contributed by atoms with Gasteiger partial charge in [0.05, 0.1) is 0 Å². The molecule has 1 aromatic rings. The van der Waals surface area contributed by atoms with Gasteiger partial charge in [-0.15, -0.1) is 0 Å². The summed E-state index contributed by atoms with van der Waals surface area (Å²) in [5.41, 5.74) is 2.71. The molecule has 3 nitrogen and oxygen atoms in total. The number of likely N-dealkylation sites (tertiary alicyclic amines) is 1. The predicted octanol–water partition coefficient (Wildman–Crippen LogP) is 3.07. The van der Waals surface area contributed by atoms with Gasteiger partial charge in [-0.1, -0.05) is 19.3 Å². The number of carbonyl (C=O) groups excluding carboxylic acids is 1. The first-order valence-corrected chi connectivity index (χ1v) is 7.36. The number of nitrogens with zero attached hydrogens (tertiary/aromatic N) is 2.